The summed E-state index contributed by atoms with van der Waals surface area (Å²) in [5, 5.41) is 21.1. The number of nitriles is 2. The molecule has 102 valence electrons. The highest BCUT2D eigenvalue weighted by Crippen LogP contribution is 2.35. The minimum absolute atomic E-state index is 0.238. The van der Waals surface area contributed by atoms with Crippen LogP contribution in [-0.4, -0.2) is 6.79 Å². The zero-order chi connectivity index (χ0) is 14.7. The number of benzene rings is 2. The summed E-state index contributed by atoms with van der Waals surface area (Å²) in [5.74, 6) is 1.49. The fraction of sp³-hybridized carbons (Fsp3) is 0.125. The number of rotatable bonds is 3. The molecule has 0 aliphatic carbocycles. The van der Waals surface area contributed by atoms with E-state index in [2.05, 4.69) is 5.32 Å². The quantitative estimate of drug-likeness (QED) is 0.933. The van der Waals surface area contributed by atoms with E-state index in [1.54, 1.807) is 18.2 Å². The van der Waals surface area contributed by atoms with E-state index in [0.29, 0.717) is 17.7 Å². The van der Waals surface area contributed by atoms with Crippen molar-refractivity contribution in [2.75, 3.05) is 12.1 Å². The summed E-state index contributed by atoms with van der Waals surface area (Å²) in [6.07, 6.45) is 0. The third kappa shape index (κ3) is 2.45. The zero-order valence-electron chi connectivity index (χ0n) is 11.1. The maximum absolute atomic E-state index is 9.02. The molecule has 0 unspecified atom stereocenters. The monoisotopic (exact) mass is 277 g/mol. The van der Waals surface area contributed by atoms with Crippen LogP contribution in [0.1, 0.15) is 16.7 Å². The first-order chi connectivity index (χ1) is 10.3. The Morgan fingerprint density at radius 3 is 2.71 bits per heavy atom. The Labute approximate surface area is 122 Å². The number of fused-ring (bicyclic) bond motifs is 1. The zero-order valence-corrected chi connectivity index (χ0v) is 11.1. The summed E-state index contributed by atoms with van der Waals surface area (Å²) in [6, 6.07) is 14.8. The van der Waals surface area contributed by atoms with Gasteiger partial charge in [0.1, 0.15) is 12.1 Å². The Kier molecular flexibility index (Phi) is 3.32. The molecule has 0 bridgehead atoms. The van der Waals surface area contributed by atoms with Gasteiger partial charge in [-0.15, -0.1) is 0 Å². The van der Waals surface area contributed by atoms with Crippen molar-refractivity contribution in [2.24, 2.45) is 0 Å². The molecule has 5 nitrogen and oxygen atoms in total. The van der Waals surface area contributed by atoms with Crippen molar-refractivity contribution in [2.45, 2.75) is 6.54 Å². The molecule has 0 atom stereocenters. The highest BCUT2D eigenvalue weighted by Gasteiger charge is 2.16. The van der Waals surface area contributed by atoms with Crippen molar-refractivity contribution >= 4 is 5.69 Å². The fourth-order valence-electron chi connectivity index (χ4n) is 2.17. The van der Waals surface area contributed by atoms with E-state index in [-0.39, 0.29) is 6.79 Å². The molecule has 0 spiro atoms. The first-order valence-electron chi connectivity index (χ1n) is 6.37. The lowest BCUT2D eigenvalue weighted by Crippen LogP contribution is -2.01. The van der Waals surface area contributed by atoms with Crippen LogP contribution in [-0.2, 0) is 6.54 Å². The van der Waals surface area contributed by atoms with E-state index in [9.17, 15) is 0 Å². The van der Waals surface area contributed by atoms with Gasteiger partial charge in [0.15, 0.2) is 11.5 Å². The van der Waals surface area contributed by atoms with E-state index in [4.69, 9.17) is 20.0 Å². The second kappa shape index (κ2) is 5.44. The van der Waals surface area contributed by atoms with Crippen LogP contribution in [0.2, 0.25) is 0 Å². The van der Waals surface area contributed by atoms with Gasteiger partial charge in [0.25, 0.3) is 0 Å². The summed E-state index contributed by atoms with van der Waals surface area (Å²) >= 11 is 0. The number of hydrogen-bond acceptors (Lipinski definition) is 5. The standard InChI is InChI=1S/C16H11N3O2/c17-7-11-4-5-14(6-13(11)8-18)19-9-12-2-1-3-15-16(12)21-10-20-15/h1-6,19H,9-10H2. The van der Waals surface area contributed by atoms with Crippen LogP contribution < -0.4 is 14.8 Å². The van der Waals surface area contributed by atoms with Crippen molar-refractivity contribution in [3.63, 3.8) is 0 Å². The first kappa shape index (κ1) is 12.8. The van der Waals surface area contributed by atoms with Gasteiger partial charge in [-0.05, 0) is 24.3 Å². The van der Waals surface area contributed by atoms with Crippen molar-refractivity contribution in [3.8, 4) is 23.6 Å². The molecule has 0 fully saturated rings. The predicted molar refractivity (Wildman–Crippen MR) is 75.8 cm³/mol. The molecule has 1 N–H and O–H groups in total. The summed E-state index contributed by atoms with van der Waals surface area (Å²) in [6.45, 7) is 0.783. The highest BCUT2D eigenvalue weighted by molar-refractivity contribution is 5.57. The van der Waals surface area contributed by atoms with Gasteiger partial charge in [-0.1, -0.05) is 12.1 Å². The molecule has 21 heavy (non-hydrogen) atoms. The Bertz CT molecular complexity index is 772. The van der Waals surface area contributed by atoms with Gasteiger partial charge in [-0.25, -0.2) is 0 Å². The minimum Gasteiger partial charge on any atom is -0.454 e. The van der Waals surface area contributed by atoms with Crippen molar-refractivity contribution < 1.29 is 9.47 Å². The van der Waals surface area contributed by atoms with Gasteiger partial charge in [-0.2, -0.15) is 10.5 Å². The van der Waals surface area contributed by atoms with E-state index < -0.39 is 0 Å². The maximum atomic E-state index is 9.02. The molecule has 1 aliphatic rings. The number of hydrogen-bond donors (Lipinski definition) is 1. The van der Waals surface area contributed by atoms with Crippen molar-refractivity contribution in [3.05, 3.63) is 53.1 Å². The van der Waals surface area contributed by atoms with Crippen LogP contribution in [0.5, 0.6) is 11.5 Å². The third-order valence-electron chi connectivity index (χ3n) is 3.22. The number of nitrogens with one attached hydrogen (secondary N) is 1. The Balaban J connectivity index is 1.79. The molecule has 2 aromatic carbocycles. The number of anilines is 1. The molecular weight excluding hydrogens is 266 g/mol. The molecule has 0 aromatic heterocycles. The minimum atomic E-state index is 0.238. The number of nitrogens with zero attached hydrogens (tertiary/aromatic N) is 2. The van der Waals surface area contributed by atoms with E-state index in [0.717, 1.165) is 22.7 Å². The van der Waals surface area contributed by atoms with Gasteiger partial charge < -0.3 is 14.8 Å². The Morgan fingerprint density at radius 1 is 1.05 bits per heavy atom. The highest BCUT2D eigenvalue weighted by atomic mass is 16.7. The summed E-state index contributed by atoms with van der Waals surface area (Å²) < 4.78 is 10.8. The molecule has 0 saturated heterocycles. The molecule has 0 saturated carbocycles. The summed E-state index contributed by atoms with van der Waals surface area (Å²) in [7, 11) is 0. The van der Waals surface area contributed by atoms with E-state index in [1.807, 2.05) is 30.3 Å². The summed E-state index contributed by atoms with van der Waals surface area (Å²) in [4.78, 5) is 0. The first-order valence-corrected chi connectivity index (χ1v) is 6.37. The number of ether oxygens (including phenoxy) is 2. The number of para-hydroxylation sites is 1. The van der Waals surface area contributed by atoms with Crippen molar-refractivity contribution in [1.29, 1.82) is 10.5 Å². The lowest BCUT2D eigenvalue weighted by atomic mass is 10.1. The molecule has 3 rings (SSSR count). The second-order valence-corrected chi connectivity index (χ2v) is 4.49. The topological polar surface area (TPSA) is 78.1 Å². The molecule has 1 aliphatic heterocycles. The molecule has 0 amide bonds. The van der Waals surface area contributed by atoms with Crippen LogP contribution in [0.4, 0.5) is 5.69 Å². The van der Waals surface area contributed by atoms with Crippen LogP contribution >= 0.6 is 0 Å². The van der Waals surface area contributed by atoms with Gasteiger partial charge in [0, 0.05) is 17.8 Å². The van der Waals surface area contributed by atoms with Gasteiger partial charge in [-0.3, -0.25) is 0 Å². The average molecular weight is 277 g/mol. The van der Waals surface area contributed by atoms with Crippen LogP contribution in [0, 0.1) is 22.7 Å². The SMILES string of the molecule is N#Cc1ccc(NCc2cccc3c2OCO3)cc1C#N. The third-order valence-corrected chi connectivity index (χ3v) is 3.22. The lowest BCUT2D eigenvalue weighted by Gasteiger charge is -2.09. The average Bonchev–Trinajstić information content (AvgIpc) is 3.01. The van der Waals surface area contributed by atoms with Crippen molar-refractivity contribution in [1.82, 2.24) is 0 Å². The van der Waals surface area contributed by atoms with Gasteiger partial charge in [0.2, 0.25) is 6.79 Å². The molecule has 1 heterocycles. The molecular formula is C16H11N3O2. The normalized spacial score (nSPS) is 11.5. The van der Waals surface area contributed by atoms with Gasteiger partial charge >= 0.3 is 0 Å². The van der Waals surface area contributed by atoms with E-state index in [1.165, 1.54) is 0 Å². The largest absolute Gasteiger partial charge is 0.454 e. The van der Waals surface area contributed by atoms with Crippen LogP contribution in [0.3, 0.4) is 0 Å². The molecule has 2 aromatic rings. The second-order valence-electron chi connectivity index (χ2n) is 4.49. The fourth-order valence-corrected chi connectivity index (χ4v) is 2.17. The lowest BCUT2D eigenvalue weighted by molar-refractivity contribution is 0.173. The van der Waals surface area contributed by atoms with Crippen LogP contribution in [0.25, 0.3) is 0 Å². The Morgan fingerprint density at radius 2 is 1.90 bits per heavy atom. The maximum Gasteiger partial charge on any atom is 0.231 e. The predicted octanol–water partition coefficient (Wildman–Crippen LogP) is 2.77. The Hall–Kier alpha value is -3.18. The van der Waals surface area contributed by atoms with Gasteiger partial charge in [0.05, 0.1) is 11.1 Å². The van der Waals surface area contributed by atoms with E-state index >= 15 is 0 Å². The molecule has 0 radical (unpaired) electrons. The van der Waals surface area contributed by atoms with Crippen LogP contribution in [0.15, 0.2) is 36.4 Å². The smallest absolute Gasteiger partial charge is 0.231 e. The molecule has 5 heteroatoms. The summed E-state index contributed by atoms with van der Waals surface area (Å²) in [5.41, 5.74) is 2.50.